The van der Waals surface area contributed by atoms with E-state index in [9.17, 15) is 14.3 Å². The van der Waals surface area contributed by atoms with Crippen LogP contribution in [0.5, 0.6) is 5.88 Å². The van der Waals surface area contributed by atoms with Crippen LogP contribution in [0.4, 0.5) is 4.39 Å². The molecule has 3 heterocycles. The van der Waals surface area contributed by atoms with Gasteiger partial charge in [0.05, 0.1) is 16.9 Å². The molecule has 2 aromatic heterocycles. The average molecular weight is 418 g/mol. The lowest BCUT2D eigenvalue weighted by Gasteiger charge is -2.28. The fraction of sp³-hybridized carbons (Fsp3) is 0.350. The summed E-state index contributed by atoms with van der Waals surface area (Å²) in [5, 5.41) is 17.3. The molecule has 3 aromatic rings. The third-order valence-electron chi connectivity index (χ3n) is 5.30. The molecule has 0 unspecified atom stereocenters. The van der Waals surface area contributed by atoms with E-state index in [-0.39, 0.29) is 28.0 Å². The third-order valence-corrected chi connectivity index (χ3v) is 5.59. The standard InChI is InChI=1S/C20H21ClFN5O2/c1-26-6-4-12(5-7-26)10-23-20(29)14-11-24-27-18(28)9-17(25-19(14)27)13-2-3-16(22)15(21)8-13/h2-3,8-9,11-12,28H,4-7,10H2,1H3,(H,23,29). The summed E-state index contributed by atoms with van der Waals surface area (Å²) >= 11 is 5.86. The van der Waals surface area contributed by atoms with Crippen molar-refractivity contribution in [2.75, 3.05) is 26.7 Å². The Balaban J connectivity index is 1.59. The van der Waals surface area contributed by atoms with Gasteiger partial charge in [-0.25, -0.2) is 9.37 Å². The van der Waals surface area contributed by atoms with Crippen LogP contribution in [0.2, 0.25) is 5.02 Å². The molecule has 0 atom stereocenters. The Hall–Kier alpha value is -2.71. The van der Waals surface area contributed by atoms with Crippen molar-refractivity contribution in [1.29, 1.82) is 0 Å². The number of carbonyl (C=O) groups is 1. The van der Waals surface area contributed by atoms with Gasteiger partial charge in [0.2, 0.25) is 5.88 Å². The first-order chi connectivity index (χ1) is 13.9. The molecule has 1 fully saturated rings. The number of benzene rings is 1. The van der Waals surface area contributed by atoms with Gasteiger partial charge in [-0.1, -0.05) is 11.6 Å². The fourth-order valence-corrected chi connectivity index (χ4v) is 3.69. The second-order valence-electron chi connectivity index (χ2n) is 7.38. The van der Waals surface area contributed by atoms with E-state index in [1.54, 1.807) is 0 Å². The molecule has 29 heavy (non-hydrogen) atoms. The van der Waals surface area contributed by atoms with Crippen molar-refractivity contribution in [1.82, 2.24) is 24.8 Å². The van der Waals surface area contributed by atoms with E-state index in [1.165, 1.54) is 35.0 Å². The SMILES string of the molecule is CN1CCC(CNC(=O)c2cnn3c(O)cc(-c4ccc(F)c(Cl)c4)nc23)CC1. The Labute approximate surface area is 172 Å². The molecular weight excluding hydrogens is 397 g/mol. The molecule has 1 saturated heterocycles. The van der Waals surface area contributed by atoms with Gasteiger partial charge in [0.25, 0.3) is 5.91 Å². The van der Waals surface area contributed by atoms with Crippen LogP contribution in [0, 0.1) is 11.7 Å². The van der Waals surface area contributed by atoms with Crippen LogP contribution < -0.4 is 5.32 Å². The van der Waals surface area contributed by atoms with Crippen molar-refractivity contribution >= 4 is 23.2 Å². The summed E-state index contributed by atoms with van der Waals surface area (Å²) in [6, 6.07) is 5.55. The van der Waals surface area contributed by atoms with Crippen LogP contribution in [0.25, 0.3) is 16.9 Å². The first kappa shape index (κ1) is 19.6. The maximum absolute atomic E-state index is 13.5. The maximum Gasteiger partial charge on any atom is 0.256 e. The smallest absolute Gasteiger partial charge is 0.256 e. The van der Waals surface area contributed by atoms with Gasteiger partial charge < -0.3 is 15.3 Å². The van der Waals surface area contributed by atoms with Crippen molar-refractivity contribution in [3.63, 3.8) is 0 Å². The summed E-state index contributed by atoms with van der Waals surface area (Å²) in [5.74, 6) is -0.575. The van der Waals surface area contributed by atoms with Gasteiger partial charge in [0.15, 0.2) is 5.65 Å². The molecule has 1 amide bonds. The van der Waals surface area contributed by atoms with Crippen LogP contribution in [0.1, 0.15) is 23.2 Å². The molecule has 0 aliphatic carbocycles. The number of halogens is 2. The summed E-state index contributed by atoms with van der Waals surface area (Å²) in [7, 11) is 2.10. The Bertz CT molecular complexity index is 1060. The van der Waals surface area contributed by atoms with Gasteiger partial charge in [-0.15, -0.1) is 0 Å². The van der Waals surface area contributed by atoms with Crippen LogP contribution in [-0.2, 0) is 0 Å². The molecule has 2 N–H and O–H groups in total. The van der Waals surface area contributed by atoms with E-state index in [1.807, 2.05) is 0 Å². The zero-order chi connectivity index (χ0) is 20.5. The van der Waals surface area contributed by atoms with E-state index in [2.05, 4.69) is 27.3 Å². The number of rotatable bonds is 4. The van der Waals surface area contributed by atoms with Gasteiger partial charge in [0, 0.05) is 18.2 Å². The van der Waals surface area contributed by atoms with Crippen LogP contribution in [0.3, 0.4) is 0 Å². The molecule has 1 aliphatic heterocycles. The lowest BCUT2D eigenvalue weighted by Crippen LogP contribution is -2.36. The lowest BCUT2D eigenvalue weighted by atomic mass is 9.97. The van der Waals surface area contributed by atoms with Crippen molar-refractivity contribution in [3.05, 3.63) is 46.9 Å². The first-order valence-corrected chi connectivity index (χ1v) is 9.80. The quantitative estimate of drug-likeness (QED) is 0.682. The summed E-state index contributed by atoms with van der Waals surface area (Å²) in [4.78, 5) is 19.4. The molecule has 1 aliphatic rings. The van der Waals surface area contributed by atoms with E-state index in [4.69, 9.17) is 11.6 Å². The molecule has 4 rings (SSSR count). The second kappa shape index (κ2) is 7.96. The van der Waals surface area contributed by atoms with E-state index in [0.29, 0.717) is 23.7 Å². The van der Waals surface area contributed by atoms with E-state index in [0.717, 1.165) is 25.9 Å². The molecular formula is C20H21ClFN5O2. The summed E-state index contributed by atoms with van der Waals surface area (Å²) < 4.78 is 14.6. The topological polar surface area (TPSA) is 82.8 Å². The molecule has 9 heteroatoms. The normalized spacial score (nSPS) is 15.7. The fourth-order valence-electron chi connectivity index (χ4n) is 3.51. The first-order valence-electron chi connectivity index (χ1n) is 9.42. The Morgan fingerprint density at radius 3 is 2.83 bits per heavy atom. The second-order valence-corrected chi connectivity index (χ2v) is 7.79. The average Bonchev–Trinajstić information content (AvgIpc) is 3.14. The van der Waals surface area contributed by atoms with Gasteiger partial charge in [-0.05, 0) is 57.1 Å². The minimum atomic E-state index is -0.543. The van der Waals surface area contributed by atoms with Gasteiger partial charge in [-0.2, -0.15) is 9.61 Å². The molecule has 1 aromatic carbocycles. The number of hydrogen-bond acceptors (Lipinski definition) is 5. The minimum absolute atomic E-state index is 0.0479. The van der Waals surface area contributed by atoms with Gasteiger partial charge in [-0.3, -0.25) is 4.79 Å². The number of hydrogen-bond donors (Lipinski definition) is 2. The predicted octanol–water partition coefficient (Wildman–Crippen LogP) is 2.97. The number of aromatic nitrogens is 3. The maximum atomic E-state index is 13.5. The van der Waals surface area contributed by atoms with Crippen molar-refractivity contribution in [3.8, 4) is 17.1 Å². The summed E-state index contributed by atoms with van der Waals surface area (Å²) in [6.07, 6.45) is 3.47. The highest BCUT2D eigenvalue weighted by Gasteiger charge is 2.21. The number of amides is 1. The van der Waals surface area contributed by atoms with Crippen LogP contribution in [0.15, 0.2) is 30.5 Å². The molecule has 152 valence electrons. The summed E-state index contributed by atoms with van der Waals surface area (Å²) in [6.45, 7) is 2.63. The summed E-state index contributed by atoms with van der Waals surface area (Å²) in [5.41, 5.74) is 1.37. The number of aromatic hydroxyl groups is 1. The van der Waals surface area contributed by atoms with Crippen molar-refractivity contribution < 1.29 is 14.3 Å². The van der Waals surface area contributed by atoms with E-state index < -0.39 is 5.82 Å². The Morgan fingerprint density at radius 2 is 2.10 bits per heavy atom. The molecule has 0 radical (unpaired) electrons. The highest BCUT2D eigenvalue weighted by Crippen LogP contribution is 2.27. The number of piperidine rings is 1. The minimum Gasteiger partial charge on any atom is -0.493 e. The predicted molar refractivity (Wildman–Crippen MR) is 108 cm³/mol. The van der Waals surface area contributed by atoms with E-state index >= 15 is 0 Å². The lowest BCUT2D eigenvalue weighted by molar-refractivity contribution is 0.0940. The number of carbonyl (C=O) groups excluding carboxylic acids is 1. The molecule has 0 saturated carbocycles. The highest BCUT2D eigenvalue weighted by atomic mass is 35.5. The zero-order valence-corrected chi connectivity index (χ0v) is 16.7. The zero-order valence-electron chi connectivity index (χ0n) is 15.9. The third kappa shape index (κ3) is 4.04. The highest BCUT2D eigenvalue weighted by molar-refractivity contribution is 6.31. The van der Waals surface area contributed by atoms with Crippen LogP contribution >= 0.6 is 11.6 Å². The Kier molecular flexibility index (Phi) is 5.38. The largest absolute Gasteiger partial charge is 0.493 e. The van der Waals surface area contributed by atoms with Gasteiger partial charge in [0.1, 0.15) is 11.4 Å². The Morgan fingerprint density at radius 1 is 1.34 bits per heavy atom. The van der Waals surface area contributed by atoms with Gasteiger partial charge >= 0.3 is 0 Å². The van der Waals surface area contributed by atoms with Crippen molar-refractivity contribution in [2.45, 2.75) is 12.8 Å². The van der Waals surface area contributed by atoms with Crippen molar-refractivity contribution in [2.24, 2.45) is 5.92 Å². The number of nitrogens with zero attached hydrogens (tertiary/aromatic N) is 4. The molecule has 0 spiro atoms. The number of fused-ring (bicyclic) bond motifs is 1. The van der Waals surface area contributed by atoms with Crippen LogP contribution in [-0.4, -0.2) is 57.2 Å². The number of likely N-dealkylation sites (tertiary alicyclic amines) is 1. The number of nitrogens with one attached hydrogen (secondary N) is 1. The monoisotopic (exact) mass is 417 g/mol. The molecule has 0 bridgehead atoms. The molecule has 7 nitrogen and oxygen atoms in total.